The third-order valence-corrected chi connectivity index (χ3v) is 5.07. The van der Waals surface area contributed by atoms with Crippen LogP contribution in [0.3, 0.4) is 0 Å². The van der Waals surface area contributed by atoms with Gasteiger partial charge in [0, 0.05) is 11.6 Å². The molecule has 0 unspecified atom stereocenters. The molecule has 0 atom stereocenters. The summed E-state index contributed by atoms with van der Waals surface area (Å²) < 4.78 is 17.5. The summed E-state index contributed by atoms with van der Waals surface area (Å²) in [5.74, 6) is 2.04. The van der Waals surface area contributed by atoms with Crippen molar-refractivity contribution in [1.82, 2.24) is 0 Å². The van der Waals surface area contributed by atoms with E-state index in [9.17, 15) is 4.79 Å². The average molecular weight is 412 g/mol. The third-order valence-electron chi connectivity index (χ3n) is 5.07. The van der Waals surface area contributed by atoms with Gasteiger partial charge < -0.3 is 14.2 Å². The number of ether oxygens (including phenoxy) is 3. The molecule has 0 saturated carbocycles. The van der Waals surface area contributed by atoms with Crippen LogP contribution in [0.2, 0.25) is 0 Å². The summed E-state index contributed by atoms with van der Waals surface area (Å²) in [6.07, 6.45) is 3.54. The number of Topliss-reactive ketones (excluding diaryl/α,β-unsaturated/α-hetero) is 1. The van der Waals surface area contributed by atoms with E-state index >= 15 is 0 Å². The second kappa shape index (κ2) is 8.92. The van der Waals surface area contributed by atoms with Crippen molar-refractivity contribution in [2.24, 2.45) is 0 Å². The maximum Gasteiger partial charge on any atom is 0.232 e. The number of para-hydroxylation sites is 1. The Morgan fingerprint density at radius 1 is 1.03 bits per heavy atom. The van der Waals surface area contributed by atoms with Crippen LogP contribution in [0.1, 0.15) is 39.5 Å². The van der Waals surface area contributed by atoms with Crippen molar-refractivity contribution in [3.05, 3.63) is 101 Å². The number of aryl methyl sites for hydroxylation is 1. The lowest BCUT2D eigenvalue weighted by molar-refractivity contribution is 0.101. The first-order chi connectivity index (χ1) is 15.1. The molecule has 4 nitrogen and oxygen atoms in total. The first-order valence-corrected chi connectivity index (χ1v) is 10.2. The topological polar surface area (TPSA) is 44.8 Å². The molecular weight excluding hydrogens is 388 g/mol. The lowest BCUT2D eigenvalue weighted by atomic mass is 10.0. The number of ketones is 1. The molecule has 1 aliphatic heterocycles. The monoisotopic (exact) mass is 412 g/mol. The first-order valence-electron chi connectivity index (χ1n) is 10.2. The summed E-state index contributed by atoms with van der Waals surface area (Å²) in [6, 6.07) is 19.2. The molecule has 3 aromatic carbocycles. The Hall–Kier alpha value is -3.79. The van der Waals surface area contributed by atoms with Gasteiger partial charge in [-0.15, -0.1) is 0 Å². The smallest absolute Gasteiger partial charge is 0.232 e. The molecule has 3 aromatic rings. The summed E-state index contributed by atoms with van der Waals surface area (Å²) in [7, 11) is 0. The number of hydrogen-bond donors (Lipinski definition) is 0. The first kappa shape index (κ1) is 20.5. The normalized spacial score (nSPS) is 13.6. The van der Waals surface area contributed by atoms with Gasteiger partial charge in [-0.1, -0.05) is 55.1 Å². The molecule has 0 amide bonds. The van der Waals surface area contributed by atoms with E-state index in [2.05, 4.69) is 6.58 Å². The van der Waals surface area contributed by atoms with Crippen LogP contribution in [0.5, 0.6) is 17.2 Å². The molecule has 4 rings (SSSR count). The molecule has 0 aromatic heterocycles. The van der Waals surface area contributed by atoms with Gasteiger partial charge in [-0.05, 0) is 48.7 Å². The zero-order chi connectivity index (χ0) is 21.8. The van der Waals surface area contributed by atoms with Gasteiger partial charge >= 0.3 is 0 Å². The molecule has 1 aliphatic rings. The minimum Gasteiger partial charge on any atom is -0.493 e. The molecule has 0 bridgehead atoms. The molecule has 156 valence electrons. The second-order valence-corrected chi connectivity index (χ2v) is 7.26. The van der Waals surface area contributed by atoms with Gasteiger partial charge in [0.2, 0.25) is 5.78 Å². The van der Waals surface area contributed by atoms with Gasteiger partial charge in [0.25, 0.3) is 0 Å². The van der Waals surface area contributed by atoms with Gasteiger partial charge in [0.1, 0.15) is 23.9 Å². The fraction of sp³-hybridized carbons (Fsp3) is 0.148. The summed E-state index contributed by atoms with van der Waals surface area (Å²) in [5.41, 5.74) is 4.31. The van der Waals surface area contributed by atoms with E-state index in [0.29, 0.717) is 36.0 Å². The van der Waals surface area contributed by atoms with Crippen LogP contribution in [-0.4, -0.2) is 12.4 Å². The van der Waals surface area contributed by atoms with E-state index in [-0.39, 0.29) is 11.5 Å². The van der Waals surface area contributed by atoms with Crippen LogP contribution < -0.4 is 14.2 Å². The number of hydrogen-bond acceptors (Lipinski definition) is 4. The van der Waals surface area contributed by atoms with Crippen molar-refractivity contribution in [3.8, 4) is 17.2 Å². The number of rotatable bonds is 7. The predicted octanol–water partition coefficient (Wildman–Crippen LogP) is 6.23. The van der Waals surface area contributed by atoms with Gasteiger partial charge in [-0.3, -0.25) is 4.79 Å². The summed E-state index contributed by atoms with van der Waals surface area (Å²) in [4.78, 5) is 13.0. The lowest BCUT2D eigenvalue weighted by Gasteiger charge is -2.09. The molecule has 31 heavy (non-hydrogen) atoms. The van der Waals surface area contributed by atoms with E-state index in [1.54, 1.807) is 18.2 Å². The standard InChI is InChI=1S/C27H24O4/c1-4-19-10-12-20(13-11-19)17-30-22-14-18(3)26-24(16-22)31-25(27(26)28)15-21-8-6-7-9-23(21)29-5-2/h4,6-16H,1,5,17H2,2-3H3/b25-15-. The van der Waals surface area contributed by atoms with Crippen molar-refractivity contribution in [3.63, 3.8) is 0 Å². The molecule has 0 spiro atoms. The van der Waals surface area contributed by atoms with Crippen molar-refractivity contribution >= 4 is 17.9 Å². The van der Waals surface area contributed by atoms with Gasteiger partial charge in [0.15, 0.2) is 5.76 Å². The molecule has 0 fully saturated rings. The van der Waals surface area contributed by atoms with Crippen LogP contribution >= 0.6 is 0 Å². The summed E-state index contributed by atoms with van der Waals surface area (Å²) in [6.45, 7) is 8.56. The van der Waals surface area contributed by atoms with E-state index in [1.807, 2.05) is 68.4 Å². The van der Waals surface area contributed by atoms with Crippen LogP contribution in [0.4, 0.5) is 0 Å². The minimum absolute atomic E-state index is 0.134. The third kappa shape index (κ3) is 4.38. The molecule has 0 radical (unpaired) electrons. The quantitative estimate of drug-likeness (QED) is 0.431. The van der Waals surface area contributed by atoms with Gasteiger partial charge in [-0.25, -0.2) is 0 Å². The minimum atomic E-state index is -0.134. The Balaban J connectivity index is 1.55. The number of carbonyl (C=O) groups is 1. The summed E-state index contributed by atoms with van der Waals surface area (Å²) in [5, 5.41) is 0. The maximum atomic E-state index is 13.0. The van der Waals surface area contributed by atoms with E-state index in [0.717, 1.165) is 22.3 Å². The Morgan fingerprint density at radius 2 is 1.81 bits per heavy atom. The van der Waals surface area contributed by atoms with Crippen molar-refractivity contribution in [1.29, 1.82) is 0 Å². The van der Waals surface area contributed by atoms with Crippen molar-refractivity contribution in [2.45, 2.75) is 20.5 Å². The molecule has 1 heterocycles. The SMILES string of the molecule is C=Cc1ccc(COc2cc(C)c3c(c2)O/C(=C\c2ccccc2OCC)C3=O)cc1. The number of benzene rings is 3. The van der Waals surface area contributed by atoms with Crippen LogP contribution in [0.15, 0.2) is 73.0 Å². The highest BCUT2D eigenvalue weighted by molar-refractivity contribution is 6.15. The molecule has 0 aliphatic carbocycles. The Morgan fingerprint density at radius 3 is 2.55 bits per heavy atom. The van der Waals surface area contributed by atoms with Gasteiger partial charge in [-0.2, -0.15) is 0 Å². The predicted molar refractivity (Wildman–Crippen MR) is 123 cm³/mol. The van der Waals surface area contributed by atoms with Crippen molar-refractivity contribution < 1.29 is 19.0 Å². The Bertz CT molecular complexity index is 1160. The lowest BCUT2D eigenvalue weighted by Crippen LogP contribution is -2.01. The Labute approximate surface area is 182 Å². The Kier molecular flexibility index (Phi) is 5.89. The van der Waals surface area contributed by atoms with E-state index in [4.69, 9.17) is 14.2 Å². The fourth-order valence-corrected chi connectivity index (χ4v) is 3.51. The zero-order valence-corrected chi connectivity index (χ0v) is 17.7. The molecule has 0 saturated heterocycles. The number of fused-ring (bicyclic) bond motifs is 1. The van der Waals surface area contributed by atoms with Crippen LogP contribution in [0, 0.1) is 6.92 Å². The van der Waals surface area contributed by atoms with Crippen LogP contribution in [0.25, 0.3) is 12.2 Å². The van der Waals surface area contributed by atoms with Crippen molar-refractivity contribution in [2.75, 3.05) is 6.61 Å². The average Bonchev–Trinajstić information content (AvgIpc) is 3.09. The maximum absolute atomic E-state index is 13.0. The molecular formula is C27H24O4. The van der Waals surface area contributed by atoms with Gasteiger partial charge in [0.05, 0.1) is 12.2 Å². The van der Waals surface area contributed by atoms with E-state index in [1.165, 1.54) is 0 Å². The summed E-state index contributed by atoms with van der Waals surface area (Å²) >= 11 is 0. The highest BCUT2D eigenvalue weighted by atomic mass is 16.5. The number of carbonyl (C=O) groups excluding carboxylic acids is 1. The highest BCUT2D eigenvalue weighted by Crippen LogP contribution is 2.38. The molecule has 0 N–H and O–H groups in total. The largest absolute Gasteiger partial charge is 0.493 e. The van der Waals surface area contributed by atoms with E-state index < -0.39 is 0 Å². The second-order valence-electron chi connectivity index (χ2n) is 7.26. The van der Waals surface area contributed by atoms with Crippen LogP contribution in [-0.2, 0) is 6.61 Å². The zero-order valence-electron chi connectivity index (χ0n) is 17.7. The molecule has 4 heteroatoms. The fourth-order valence-electron chi connectivity index (χ4n) is 3.51. The number of allylic oxidation sites excluding steroid dienone is 1. The highest BCUT2D eigenvalue weighted by Gasteiger charge is 2.30.